The van der Waals surface area contributed by atoms with Crippen molar-refractivity contribution in [3.8, 4) is 0 Å². The Morgan fingerprint density at radius 2 is 1.61 bits per heavy atom. The van der Waals surface area contributed by atoms with Gasteiger partial charge in [0.15, 0.2) is 5.78 Å². The molecule has 0 aromatic heterocycles. The molecule has 0 amide bonds. The van der Waals surface area contributed by atoms with Crippen LogP contribution < -0.4 is 0 Å². The van der Waals surface area contributed by atoms with Crippen LogP contribution in [-0.2, 0) is 6.18 Å². The molecule has 0 aliphatic heterocycles. The number of carbonyl (C=O) groups is 1. The summed E-state index contributed by atoms with van der Waals surface area (Å²) < 4.78 is 37.2. The maximum Gasteiger partial charge on any atom is 0.416 e. The first-order chi connectivity index (χ1) is 8.48. The Hall–Kier alpha value is -1.32. The molecular weight excluding hydrogens is 241 g/mol. The van der Waals surface area contributed by atoms with Crippen LogP contribution in [0.2, 0.25) is 0 Å². The highest BCUT2D eigenvalue weighted by Crippen LogP contribution is 2.58. The minimum absolute atomic E-state index is 0.0263. The molecule has 3 rings (SSSR count). The van der Waals surface area contributed by atoms with Crippen molar-refractivity contribution < 1.29 is 18.0 Å². The van der Waals surface area contributed by atoms with Gasteiger partial charge in [0.1, 0.15) is 0 Å². The van der Waals surface area contributed by atoms with E-state index in [2.05, 4.69) is 0 Å². The molecule has 1 nitrogen and oxygen atoms in total. The van der Waals surface area contributed by atoms with Crippen molar-refractivity contribution >= 4 is 5.78 Å². The largest absolute Gasteiger partial charge is 0.416 e. The lowest BCUT2D eigenvalue weighted by molar-refractivity contribution is -0.137. The number of hydrogen-bond donors (Lipinski definition) is 0. The van der Waals surface area contributed by atoms with Crippen LogP contribution in [0.4, 0.5) is 13.2 Å². The van der Waals surface area contributed by atoms with Gasteiger partial charge in [0.2, 0.25) is 0 Å². The Kier molecular flexibility index (Phi) is 2.50. The number of alkyl halides is 3. The molecule has 0 saturated heterocycles. The molecule has 2 aliphatic carbocycles. The van der Waals surface area contributed by atoms with E-state index in [1.807, 2.05) is 0 Å². The van der Waals surface area contributed by atoms with Crippen molar-refractivity contribution in [1.29, 1.82) is 0 Å². The molecule has 1 aromatic carbocycles. The number of carbonyl (C=O) groups excluding carboxylic acids is 1. The van der Waals surface area contributed by atoms with Crippen LogP contribution in [0.25, 0.3) is 0 Å². The molecule has 96 valence electrons. The van der Waals surface area contributed by atoms with Gasteiger partial charge in [-0.3, -0.25) is 4.79 Å². The topological polar surface area (TPSA) is 17.1 Å². The fourth-order valence-corrected chi connectivity index (χ4v) is 3.23. The van der Waals surface area contributed by atoms with Crippen LogP contribution in [0.5, 0.6) is 0 Å². The quantitative estimate of drug-likeness (QED) is 0.731. The Morgan fingerprint density at radius 1 is 1.06 bits per heavy atom. The highest BCUT2D eigenvalue weighted by atomic mass is 19.4. The summed E-state index contributed by atoms with van der Waals surface area (Å²) in [7, 11) is 0. The van der Waals surface area contributed by atoms with Crippen molar-refractivity contribution in [2.75, 3.05) is 0 Å². The third kappa shape index (κ3) is 1.84. The average Bonchev–Trinajstić information content (AvgIpc) is 2.80. The molecule has 2 fully saturated rings. The first-order valence-electron chi connectivity index (χ1n) is 6.20. The number of rotatable bonds is 2. The first-order valence-corrected chi connectivity index (χ1v) is 6.20. The second-order valence-corrected chi connectivity index (χ2v) is 5.22. The fourth-order valence-electron chi connectivity index (χ4n) is 3.23. The molecule has 0 bridgehead atoms. The van der Waals surface area contributed by atoms with E-state index in [4.69, 9.17) is 0 Å². The highest BCUT2D eigenvalue weighted by molar-refractivity contribution is 6.00. The molecule has 2 unspecified atom stereocenters. The van der Waals surface area contributed by atoms with Gasteiger partial charge in [0.25, 0.3) is 0 Å². The van der Waals surface area contributed by atoms with Crippen LogP contribution >= 0.6 is 0 Å². The zero-order chi connectivity index (χ0) is 12.9. The second-order valence-electron chi connectivity index (χ2n) is 5.22. The fraction of sp³-hybridized carbons (Fsp3) is 0.500. The molecule has 0 spiro atoms. The molecular formula is C14H13F3O. The van der Waals surface area contributed by atoms with Gasteiger partial charge in [-0.1, -0.05) is 18.6 Å². The number of ketones is 1. The zero-order valence-electron chi connectivity index (χ0n) is 9.70. The highest BCUT2D eigenvalue weighted by Gasteiger charge is 2.56. The monoisotopic (exact) mass is 254 g/mol. The standard InChI is InChI=1S/C14H13F3O/c15-14(16,17)9-6-4-8(5-7-9)13(18)12-10-2-1-3-11(10)12/h4-7,10-12H,1-3H2. The molecule has 18 heavy (non-hydrogen) atoms. The van der Waals surface area contributed by atoms with Crippen LogP contribution in [-0.4, -0.2) is 5.78 Å². The van der Waals surface area contributed by atoms with Gasteiger partial charge in [-0.25, -0.2) is 0 Å². The van der Waals surface area contributed by atoms with Crippen molar-refractivity contribution in [2.24, 2.45) is 17.8 Å². The third-order valence-corrected chi connectivity index (χ3v) is 4.21. The Morgan fingerprint density at radius 3 is 2.11 bits per heavy atom. The Labute approximate surface area is 103 Å². The van der Waals surface area contributed by atoms with E-state index in [1.165, 1.54) is 18.6 Å². The predicted octanol–water partition coefficient (Wildman–Crippen LogP) is 3.93. The van der Waals surface area contributed by atoms with E-state index >= 15 is 0 Å². The van der Waals surface area contributed by atoms with Crippen molar-refractivity contribution in [1.82, 2.24) is 0 Å². The van der Waals surface area contributed by atoms with Gasteiger partial charge in [-0.15, -0.1) is 0 Å². The number of fused-ring (bicyclic) bond motifs is 1. The van der Waals surface area contributed by atoms with Crippen LogP contribution in [0.1, 0.15) is 35.2 Å². The minimum atomic E-state index is -4.34. The maximum atomic E-state index is 12.4. The molecule has 4 heteroatoms. The molecule has 2 saturated carbocycles. The van der Waals surface area contributed by atoms with E-state index in [0.717, 1.165) is 25.0 Å². The van der Waals surface area contributed by atoms with Crippen molar-refractivity contribution in [3.63, 3.8) is 0 Å². The lowest BCUT2D eigenvalue weighted by Crippen LogP contribution is -2.08. The van der Waals surface area contributed by atoms with E-state index in [-0.39, 0.29) is 11.7 Å². The normalized spacial score (nSPS) is 30.1. The van der Waals surface area contributed by atoms with Gasteiger partial charge in [-0.2, -0.15) is 13.2 Å². The van der Waals surface area contributed by atoms with Gasteiger partial charge < -0.3 is 0 Å². The second kappa shape index (κ2) is 3.84. The first kappa shape index (κ1) is 11.8. The molecule has 2 atom stereocenters. The Balaban J connectivity index is 1.75. The van der Waals surface area contributed by atoms with E-state index < -0.39 is 11.7 Å². The summed E-state index contributed by atoms with van der Waals surface area (Å²) in [5.74, 6) is 1.11. The molecule has 1 aromatic rings. The summed E-state index contributed by atoms with van der Waals surface area (Å²) in [5.41, 5.74) is -0.280. The van der Waals surface area contributed by atoms with E-state index in [0.29, 0.717) is 17.4 Å². The average molecular weight is 254 g/mol. The van der Waals surface area contributed by atoms with Gasteiger partial charge in [-0.05, 0) is 36.8 Å². The van der Waals surface area contributed by atoms with Crippen molar-refractivity contribution in [2.45, 2.75) is 25.4 Å². The van der Waals surface area contributed by atoms with Gasteiger partial charge in [0.05, 0.1) is 5.56 Å². The van der Waals surface area contributed by atoms with E-state index in [9.17, 15) is 18.0 Å². The Bertz CT molecular complexity index is 465. The zero-order valence-corrected chi connectivity index (χ0v) is 9.70. The minimum Gasteiger partial charge on any atom is -0.294 e. The smallest absolute Gasteiger partial charge is 0.294 e. The predicted molar refractivity (Wildman–Crippen MR) is 60.1 cm³/mol. The summed E-state index contributed by atoms with van der Waals surface area (Å²) in [6.45, 7) is 0. The number of halogens is 3. The molecule has 2 aliphatic rings. The maximum absolute atomic E-state index is 12.4. The van der Waals surface area contributed by atoms with Crippen molar-refractivity contribution in [3.05, 3.63) is 35.4 Å². The molecule has 0 heterocycles. The summed E-state index contributed by atoms with van der Waals surface area (Å²) in [5, 5.41) is 0. The van der Waals surface area contributed by atoms with E-state index in [1.54, 1.807) is 0 Å². The summed E-state index contributed by atoms with van der Waals surface area (Å²) >= 11 is 0. The number of hydrogen-bond acceptors (Lipinski definition) is 1. The van der Waals surface area contributed by atoms with Gasteiger partial charge >= 0.3 is 6.18 Å². The SMILES string of the molecule is O=C(c1ccc(C(F)(F)F)cc1)C1C2CCCC21. The van der Waals surface area contributed by atoms with Crippen LogP contribution in [0.15, 0.2) is 24.3 Å². The summed E-state index contributed by atoms with van der Waals surface area (Å²) in [4.78, 5) is 12.1. The summed E-state index contributed by atoms with van der Waals surface area (Å²) in [6.07, 6.45) is -0.951. The lowest BCUT2D eigenvalue weighted by Gasteiger charge is -2.07. The number of benzene rings is 1. The molecule has 0 N–H and O–H groups in total. The van der Waals surface area contributed by atoms with Crippen LogP contribution in [0.3, 0.4) is 0 Å². The van der Waals surface area contributed by atoms with Gasteiger partial charge in [0, 0.05) is 11.5 Å². The molecule has 0 radical (unpaired) electrons. The number of Topliss-reactive ketones (excluding diaryl/α,β-unsaturated/α-hetero) is 1. The third-order valence-electron chi connectivity index (χ3n) is 4.21. The lowest BCUT2D eigenvalue weighted by atomic mass is 10.0. The van der Waals surface area contributed by atoms with Crippen LogP contribution in [0, 0.1) is 17.8 Å². The summed E-state index contributed by atoms with van der Waals surface area (Å²) in [6, 6.07) is 4.59.